The zero-order valence-corrected chi connectivity index (χ0v) is 17.5. The van der Waals surface area contributed by atoms with Gasteiger partial charge in [0.05, 0.1) is 17.0 Å². The normalized spacial score (nSPS) is 11.1. The summed E-state index contributed by atoms with van der Waals surface area (Å²) < 4.78 is 37.4. The maximum atomic E-state index is 12.2. The summed E-state index contributed by atoms with van der Waals surface area (Å²) in [6.07, 6.45) is 0.702. The summed E-state index contributed by atoms with van der Waals surface area (Å²) in [6.45, 7) is 3.74. The van der Waals surface area contributed by atoms with Crippen LogP contribution < -0.4 is 19.5 Å². The van der Waals surface area contributed by atoms with E-state index in [1.54, 1.807) is 25.1 Å². The summed E-state index contributed by atoms with van der Waals surface area (Å²) in [4.78, 5) is 12.2. The first-order valence-electron chi connectivity index (χ1n) is 8.63. The van der Waals surface area contributed by atoms with Gasteiger partial charge >= 0.3 is 0 Å². The number of ether oxygens (including phenoxy) is 2. The zero-order valence-electron chi connectivity index (χ0n) is 15.9. The fourth-order valence-electron chi connectivity index (χ4n) is 2.36. The Morgan fingerprint density at radius 3 is 2.46 bits per heavy atom. The molecule has 0 aliphatic carbocycles. The maximum absolute atomic E-state index is 12.2. The lowest BCUT2D eigenvalue weighted by atomic mass is 10.2. The molecule has 0 saturated heterocycles. The first kappa shape index (κ1) is 22.0. The highest BCUT2D eigenvalue weighted by Crippen LogP contribution is 2.27. The number of benzene rings is 2. The monoisotopic (exact) mass is 426 g/mol. The number of methoxy groups -OCH3 is 1. The topological polar surface area (TPSA) is 93.7 Å². The second kappa shape index (κ2) is 9.77. The fourth-order valence-corrected chi connectivity index (χ4v) is 3.83. The summed E-state index contributed by atoms with van der Waals surface area (Å²) in [5.74, 6) is 0.564. The van der Waals surface area contributed by atoms with Crippen LogP contribution in [-0.4, -0.2) is 34.6 Å². The van der Waals surface area contributed by atoms with Gasteiger partial charge in [-0.3, -0.25) is 4.79 Å². The molecule has 152 valence electrons. The third-order valence-electron chi connectivity index (χ3n) is 3.79. The molecular weight excluding hydrogens is 404 g/mol. The fraction of sp³-hybridized carbons (Fsp3) is 0.316. The van der Waals surface area contributed by atoms with Gasteiger partial charge in [0.2, 0.25) is 10.0 Å². The van der Waals surface area contributed by atoms with Crippen LogP contribution >= 0.6 is 11.6 Å². The molecule has 28 heavy (non-hydrogen) atoms. The van der Waals surface area contributed by atoms with E-state index >= 15 is 0 Å². The Morgan fingerprint density at radius 1 is 1.14 bits per heavy atom. The van der Waals surface area contributed by atoms with Crippen molar-refractivity contribution < 1.29 is 22.7 Å². The van der Waals surface area contributed by atoms with E-state index in [1.807, 2.05) is 6.92 Å². The van der Waals surface area contributed by atoms with Gasteiger partial charge in [0.1, 0.15) is 11.5 Å². The first-order chi connectivity index (χ1) is 13.3. The molecule has 0 aliphatic rings. The Bertz CT molecular complexity index is 947. The van der Waals surface area contributed by atoms with E-state index in [0.717, 1.165) is 0 Å². The molecule has 0 aliphatic heterocycles. The highest BCUT2D eigenvalue weighted by Gasteiger charge is 2.15. The van der Waals surface area contributed by atoms with Gasteiger partial charge in [0.25, 0.3) is 5.91 Å². The predicted octanol–water partition coefficient (Wildman–Crippen LogP) is 3.36. The first-order valence-corrected chi connectivity index (χ1v) is 10.5. The minimum atomic E-state index is -3.55. The van der Waals surface area contributed by atoms with Crippen molar-refractivity contribution in [2.45, 2.75) is 25.2 Å². The van der Waals surface area contributed by atoms with Crippen molar-refractivity contribution in [3.63, 3.8) is 0 Å². The quantitative estimate of drug-likeness (QED) is 0.641. The van der Waals surface area contributed by atoms with Crippen molar-refractivity contribution in [3.05, 3.63) is 47.0 Å². The van der Waals surface area contributed by atoms with Crippen LogP contribution in [0.1, 0.15) is 18.9 Å². The lowest BCUT2D eigenvalue weighted by Gasteiger charge is -2.12. The van der Waals surface area contributed by atoms with Crippen LogP contribution in [0.2, 0.25) is 5.02 Å². The molecule has 0 bridgehead atoms. The van der Waals surface area contributed by atoms with E-state index in [0.29, 0.717) is 40.7 Å². The number of carbonyl (C=O) groups is 1. The molecule has 0 atom stereocenters. The molecule has 2 aromatic rings. The SMILES string of the molecule is CCCNS(=O)(=O)c1ccc(OCC(=O)Nc2ccc(OC)c(Cl)c2)c(C)c1. The van der Waals surface area contributed by atoms with Gasteiger partial charge in [0, 0.05) is 12.2 Å². The van der Waals surface area contributed by atoms with Crippen LogP contribution in [0.15, 0.2) is 41.3 Å². The number of carbonyl (C=O) groups excluding carboxylic acids is 1. The lowest BCUT2D eigenvalue weighted by molar-refractivity contribution is -0.118. The van der Waals surface area contributed by atoms with E-state index in [4.69, 9.17) is 21.1 Å². The van der Waals surface area contributed by atoms with E-state index in [1.165, 1.54) is 25.3 Å². The molecule has 0 fully saturated rings. The predicted molar refractivity (Wildman–Crippen MR) is 109 cm³/mol. The van der Waals surface area contributed by atoms with E-state index < -0.39 is 10.0 Å². The molecule has 0 aromatic heterocycles. The van der Waals surface area contributed by atoms with E-state index in [2.05, 4.69) is 10.0 Å². The zero-order chi connectivity index (χ0) is 20.7. The molecule has 0 spiro atoms. The van der Waals surface area contributed by atoms with E-state index in [-0.39, 0.29) is 17.4 Å². The molecule has 7 nitrogen and oxygen atoms in total. The second-order valence-electron chi connectivity index (χ2n) is 6.01. The van der Waals surface area contributed by atoms with Crippen LogP contribution in [0, 0.1) is 6.92 Å². The summed E-state index contributed by atoms with van der Waals surface area (Å²) >= 11 is 6.03. The highest BCUT2D eigenvalue weighted by atomic mass is 35.5. The van der Waals surface area contributed by atoms with Crippen LogP contribution in [0.5, 0.6) is 11.5 Å². The van der Waals surface area contributed by atoms with Crippen LogP contribution in [0.25, 0.3) is 0 Å². The van der Waals surface area contributed by atoms with Gasteiger partial charge in [-0.1, -0.05) is 18.5 Å². The summed E-state index contributed by atoms with van der Waals surface area (Å²) in [5, 5.41) is 3.05. The number of amides is 1. The molecule has 2 aromatic carbocycles. The number of halogens is 1. The third-order valence-corrected chi connectivity index (χ3v) is 5.55. The Morgan fingerprint density at radius 2 is 1.86 bits per heavy atom. The minimum Gasteiger partial charge on any atom is -0.495 e. The average molecular weight is 427 g/mol. The summed E-state index contributed by atoms with van der Waals surface area (Å²) in [5.41, 5.74) is 1.12. The Labute approximate surface area is 170 Å². The number of anilines is 1. The Hall–Kier alpha value is -2.29. The van der Waals surface area contributed by atoms with Crippen molar-refractivity contribution in [3.8, 4) is 11.5 Å². The van der Waals surface area contributed by atoms with E-state index in [9.17, 15) is 13.2 Å². The number of hydrogen-bond acceptors (Lipinski definition) is 5. The molecular formula is C19H23ClN2O5S. The Kier molecular flexibility index (Phi) is 7.68. The van der Waals surface area contributed by atoms with Gasteiger partial charge in [0.15, 0.2) is 6.61 Å². The van der Waals surface area contributed by atoms with Gasteiger partial charge in [-0.25, -0.2) is 13.1 Å². The molecule has 9 heteroatoms. The van der Waals surface area contributed by atoms with Gasteiger partial charge < -0.3 is 14.8 Å². The number of nitrogens with one attached hydrogen (secondary N) is 2. The van der Waals surface area contributed by atoms with Gasteiger partial charge in [-0.2, -0.15) is 0 Å². The molecule has 2 rings (SSSR count). The Balaban J connectivity index is 1.98. The smallest absolute Gasteiger partial charge is 0.262 e. The summed E-state index contributed by atoms with van der Waals surface area (Å²) in [6, 6.07) is 9.38. The number of aryl methyl sites for hydroxylation is 1. The van der Waals surface area contributed by atoms with Crippen LogP contribution in [0.3, 0.4) is 0 Å². The van der Waals surface area contributed by atoms with Crippen molar-refractivity contribution in [2.75, 3.05) is 25.6 Å². The highest BCUT2D eigenvalue weighted by molar-refractivity contribution is 7.89. The largest absolute Gasteiger partial charge is 0.495 e. The van der Waals surface area contributed by atoms with Gasteiger partial charge in [-0.15, -0.1) is 0 Å². The van der Waals surface area contributed by atoms with Crippen molar-refractivity contribution in [2.24, 2.45) is 0 Å². The number of hydrogen-bond donors (Lipinski definition) is 2. The number of sulfonamides is 1. The molecule has 1 amide bonds. The second-order valence-corrected chi connectivity index (χ2v) is 8.19. The average Bonchev–Trinajstić information content (AvgIpc) is 2.65. The molecule has 0 heterocycles. The minimum absolute atomic E-state index is 0.156. The number of rotatable bonds is 9. The molecule has 2 N–H and O–H groups in total. The maximum Gasteiger partial charge on any atom is 0.262 e. The van der Waals surface area contributed by atoms with Crippen molar-refractivity contribution in [1.82, 2.24) is 4.72 Å². The lowest BCUT2D eigenvalue weighted by Crippen LogP contribution is -2.24. The van der Waals surface area contributed by atoms with Crippen molar-refractivity contribution >= 4 is 33.2 Å². The molecule has 0 saturated carbocycles. The molecule has 0 radical (unpaired) electrons. The summed E-state index contributed by atoms with van der Waals surface area (Å²) in [7, 11) is -2.05. The van der Waals surface area contributed by atoms with Crippen molar-refractivity contribution in [1.29, 1.82) is 0 Å². The van der Waals surface area contributed by atoms with Crippen LogP contribution in [-0.2, 0) is 14.8 Å². The standard InChI is InChI=1S/C19H23ClN2O5S/c1-4-9-21-28(24,25)15-6-8-17(13(2)10-15)27-12-19(23)22-14-5-7-18(26-3)16(20)11-14/h5-8,10-11,21H,4,9,12H2,1-3H3,(H,22,23). The molecule has 0 unspecified atom stereocenters. The van der Waals surface area contributed by atoms with Crippen LogP contribution in [0.4, 0.5) is 5.69 Å². The van der Waals surface area contributed by atoms with Gasteiger partial charge in [-0.05, 0) is 55.3 Å². The third kappa shape index (κ3) is 5.85.